The van der Waals surface area contributed by atoms with E-state index in [9.17, 15) is 31.5 Å². The maximum atomic E-state index is 12.8. The van der Waals surface area contributed by atoms with Crippen molar-refractivity contribution in [3.05, 3.63) is 0 Å². The van der Waals surface area contributed by atoms with Crippen LogP contribution < -0.4 is 0 Å². The van der Waals surface area contributed by atoms with Crippen molar-refractivity contribution in [1.82, 2.24) is 0 Å². The van der Waals surface area contributed by atoms with E-state index in [0.29, 0.717) is 6.42 Å². The maximum Gasteiger partial charge on any atom is 0.456 e. The summed E-state index contributed by atoms with van der Waals surface area (Å²) in [5.41, 5.74) is -2.13. The fourth-order valence-corrected chi connectivity index (χ4v) is 1.73. The van der Waals surface area contributed by atoms with Crippen molar-refractivity contribution in [2.75, 3.05) is 6.61 Å². The summed E-state index contributed by atoms with van der Waals surface area (Å²) in [6, 6.07) is 0. The minimum absolute atomic E-state index is 0.180. The first-order chi connectivity index (χ1) is 11.2. The second-order valence-electron chi connectivity index (χ2n) is 6.56. The Kier molecular flexibility index (Phi) is 7.84. The smallest absolute Gasteiger partial charge is 0.456 e. The summed E-state index contributed by atoms with van der Waals surface area (Å²) in [7, 11) is 0. The van der Waals surface area contributed by atoms with Crippen LogP contribution in [0, 0.1) is 5.41 Å². The molecule has 0 radical (unpaired) electrons. The summed E-state index contributed by atoms with van der Waals surface area (Å²) in [6.45, 7) is 6.20. The number of carbonyl (C=O) groups excluding carboxylic acids is 2. The van der Waals surface area contributed by atoms with E-state index in [2.05, 4.69) is 4.74 Å². The average molecular weight is 376 g/mol. The van der Waals surface area contributed by atoms with Crippen molar-refractivity contribution in [2.24, 2.45) is 5.41 Å². The Hall–Kier alpha value is -1.41. The Morgan fingerprint density at radius 2 is 1.36 bits per heavy atom. The van der Waals surface area contributed by atoms with Gasteiger partial charge in [0.2, 0.25) is 0 Å². The van der Waals surface area contributed by atoms with Crippen molar-refractivity contribution >= 4 is 11.9 Å². The Bertz CT molecular complexity index is 468. The van der Waals surface area contributed by atoms with Gasteiger partial charge in [-0.05, 0) is 33.1 Å². The first kappa shape index (κ1) is 23.6. The zero-order valence-electron chi connectivity index (χ0n) is 15.1. The van der Waals surface area contributed by atoms with Gasteiger partial charge in [0, 0.05) is 0 Å². The fraction of sp³-hybridized carbons (Fsp3) is 0.875. The molecule has 0 saturated heterocycles. The van der Waals surface area contributed by atoms with Gasteiger partial charge in [0.15, 0.2) is 6.61 Å². The SMILES string of the molecule is CCC(CC)(CC(=O)OCC(F)(F)C(F)(F)F)OC(=O)C(C)(C)CC. The summed E-state index contributed by atoms with van der Waals surface area (Å²) in [5, 5.41) is 0. The molecule has 0 bridgehead atoms. The van der Waals surface area contributed by atoms with Gasteiger partial charge in [0.1, 0.15) is 5.60 Å². The number of hydrogen-bond acceptors (Lipinski definition) is 4. The molecule has 0 aromatic rings. The van der Waals surface area contributed by atoms with E-state index in [1.807, 2.05) is 0 Å². The molecule has 0 amide bonds. The number of hydrogen-bond donors (Lipinski definition) is 0. The minimum atomic E-state index is -5.81. The first-order valence-electron chi connectivity index (χ1n) is 8.00. The zero-order valence-corrected chi connectivity index (χ0v) is 15.1. The molecule has 0 aromatic carbocycles. The third-order valence-electron chi connectivity index (χ3n) is 4.33. The first-order valence-corrected chi connectivity index (χ1v) is 8.00. The van der Waals surface area contributed by atoms with Crippen molar-refractivity contribution in [3.63, 3.8) is 0 Å². The summed E-state index contributed by atoms with van der Waals surface area (Å²) < 4.78 is 71.4. The van der Waals surface area contributed by atoms with Crippen molar-refractivity contribution in [1.29, 1.82) is 0 Å². The van der Waals surface area contributed by atoms with Gasteiger partial charge in [0.25, 0.3) is 0 Å². The molecule has 0 fully saturated rings. The molecule has 0 aliphatic rings. The van der Waals surface area contributed by atoms with E-state index < -0.39 is 48.1 Å². The van der Waals surface area contributed by atoms with E-state index in [4.69, 9.17) is 4.74 Å². The Labute approximate surface area is 144 Å². The van der Waals surface area contributed by atoms with Crippen molar-refractivity contribution < 1.29 is 41.0 Å². The van der Waals surface area contributed by atoms with Crippen LogP contribution in [0.5, 0.6) is 0 Å². The molecular weight excluding hydrogens is 351 g/mol. The third kappa shape index (κ3) is 6.43. The fourth-order valence-electron chi connectivity index (χ4n) is 1.73. The quantitative estimate of drug-likeness (QED) is 0.434. The Morgan fingerprint density at radius 1 is 0.880 bits per heavy atom. The number of alkyl halides is 5. The number of halogens is 5. The maximum absolute atomic E-state index is 12.8. The highest BCUT2D eigenvalue weighted by Gasteiger charge is 2.58. The highest BCUT2D eigenvalue weighted by molar-refractivity contribution is 5.77. The number of ether oxygens (including phenoxy) is 2. The molecule has 0 aromatic heterocycles. The highest BCUT2D eigenvalue weighted by Crippen LogP contribution is 2.36. The van der Waals surface area contributed by atoms with E-state index in [1.54, 1.807) is 34.6 Å². The zero-order chi connectivity index (χ0) is 20.1. The monoisotopic (exact) mass is 376 g/mol. The molecule has 0 saturated carbocycles. The largest absolute Gasteiger partial charge is 0.459 e. The molecule has 0 unspecified atom stereocenters. The summed E-state index contributed by atoms with van der Waals surface area (Å²) in [4.78, 5) is 24.0. The standard InChI is InChI=1S/C16H25F5O4/c1-6-13(4,5)12(23)25-14(7-2,8-3)9-11(22)24-10-15(17,18)16(19,20)21/h6-10H2,1-5H3. The summed E-state index contributed by atoms with van der Waals surface area (Å²) in [5.74, 6) is -6.99. The van der Waals surface area contributed by atoms with Gasteiger partial charge in [0.05, 0.1) is 11.8 Å². The van der Waals surface area contributed by atoms with Crippen LogP contribution in [-0.4, -0.2) is 36.2 Å². The molecular formula is C16H25F5O4. The van der Waals surface area contributed by atoms with E-state index in [0.717, 1.165) is 0 Å². The minimum Gasteiger partial charge on any atom is -0.459 e. The lowest BCUT2D eigenvalue weighted by Gasteiger charge is -2.34. The lowest BCUT2D eigenvalue weighted by Crippen LogP contribution is -2.43. The molecule has 9 heteroatoms. The van der Waals surface area contributed by atoms with Crippen LogP contribution >= 0.6 is 0 Å². The van der Waals surface area contributed by atoms with Crippen LogP contribution in [0.15, 0.2) is 0 Å². The highest BCUT2D eigenvalue weighted by atomic mass is 19.4. The third-order valence-corrected chi connectivity index (χ3v) is 4.33. The van der Waals surface area contributed by atoms with Gasteiger partial charge in [-0.3, -0.25) is 9.59 Å². The molecule has 0 rings (SSSR count). The molecule has 148 valence electrons. The van der Waals surface area contributed by atoms with Crippen LogP contribution in [0.2, 0.25) is 0 Å². The number of rotatable bonds is 9. The normalized spacial score (nSPS) is 13.5. The second-order valence-corrected chi connectivity index (χ2v) is 6.56. The lowest BCUT2D eigenvalue weighted by molar-refractivity contribution is -0.294. The lowest BCUT2D eigenvalue weighted by atomic mass is 9.88. The van der Waals surface area contributed by atoms with E-state index in [-0.39, 0.29) is 12.8 Å². The molecule has 0 atom stereocenters. The summed E-state index contributed by atoms with van der Waals surface area (Å²) >= 11 is 0. The predicted molar refractivity (Wildman–Crippen MR) is 80.1 cm³/mol. The second kappa shape index (κ2) is 8.31. The molecule has 4 nitrogen and oxygen atoms in total. The van der Waals surface area contributed by atoms with Gasteiger partial charge >= 0.3 is 24.0 Å². The van der Waals surface area contributed by atoms with Crippen LogP contribution in [0.25, 0.3) is 0 Å². The topological polar surface area (TPSA) is 52.6 Å². The number of esters is 2. The van der Waals surface area contributed by atoms with Crippen LogP contribution in [-0.2, 0) is 19.1 Å². The molecule has 0 N–H and O–H groups in total. The molecule has 0 aliphatic heterocycles. The van der Waals surface area contributed by atoms with Gasteiger partial charge in [-0.2, -0.15) is 22.0 Å². The van der Waals surface area contributed by atoms with E-state index in [1.165, 1.54) is 0 Å². The van der Waals surface area contributed by atoms with Crippen molar-refractivity contribution in [2.45, 2.75) is 78.0 Å². The van der Waals surface area contributed by atoms with Gasteiger partial charge in [-0.25, -0.2) is 0 Å². The van der Waals surface area contributed by atoms with Crippen LogP contribution in [0.4, 0.5) is 22.0 Å². The predicted octanol–water partition coefficient (Wildman–Crippen LogP) is 4.66. The Morgan fingerprint density at radius 3 is 1.72 bits per heavy atom. The number of carbonyl (C=O) groups is 2. The van der Waals surface area contributed by atoms with Gasteiger partial charge < -0.3 is 9.47 Å². The molecule has 0 aliphatic carbocycles. The average Bonchev–Trinajstić information content (AvgIpc) is 2.51. The van der Waals surface area contributed by atoms with Gasteiger partial charge in [-0.1, -0.05) is 20.8 Å². The van der Waals surface area contributed by atoms with Crippen LogP contribution in [0.3, 0.4) is 0 Å². The van der Waals surface area contributed by atoms with Crippen molar-refractivity contribution in [3.8, 4) is 0 Å². The Balaban J connectivity index is 5.02. The van der Waals surface area contributed by atoms with E-state index >= 15 is 0 Å². The summed E-state index contributed by atoms with van der Waals surface area (Å²) in [6.07, 6.45) is -5.58. The molecule has 0 heterocycles. The molecule has 25 heavy (non-hydrogen) atoms. The van der Waals surface area contributed by atoms with Gasteiger partial charge in [-0.15, -0.1) is 0 Å². The van der Waals surface area contributed by atoms with Crippen LogP contribution in [0.1, 0.15) is 60.3 Å². The molecule has 0 spiro atoms.